The minimum atomic E-state index is 0.0824. The number of benzene rings is 1. The summed E-state index contributed by atoms with van der Waals surface area (Å²) < 4.78 is 7.11. The average Bonchev–Trinajstić information content (AvgIpc) is 3.00. The van der Waals surface area contributed by atoms with Gasteiger partial charge in [-0.2, -0.15) is 0 Å². The Morgan fingerprint density at radius 1 is 1.14 bits per heavy atom. The van der Waals surface area contributed by atoms with Crippen LogP contribution in [-0.4, -0.2) is 27.1 Å². The molecule has 2 aromatic heterocycles. The number of aromatic nitrogens is 4. The fourth-order valence-electron chi connectivity index (χ4n) is 2.56. The van der Waals surface area contributed by atoms with Crippen molar-refractivity contribution in [2.24, 2.45) is 5.92 Å². The number of nitrogens with zero attached hydrogens (tertiary/aromatic N) is 4. The van der Waals surface area contributed by atoms with Gasteiger partial charge in [-0.15, -0.1) is 5.10 Å². The zero-order valence-corrected chi connectivity index (χ0v) is 12.4. The Morgan fingerprint density at radius 3 is 2.67 bits per heavy atom. The van der Waals surface area contributed by atoms with Crippen molar-refractivity contribution in [3.63, 3.8) is 0 Å². The lowest BCUT2D eigenvalue weighted by Gasteiger charge is -2.20. The van der Waals surface area contributed by atoms with E-state index < -0.39 is 0 Å². The molecular weight excluding hydrogens is 264 g/mol. The second-order valence-corrected chi connectivity index (χ2v) is 5.37. The molecular formula is C16H18N4O. The van der Waals surface area contributed by atoms with Gasteiger partial charge in [-0.3, -0.25) is 4.98 Å². The summed E-state index contributed by atoms with van der Waals surface area (Å²) in [6.07, 6.45) is 3.58. The molecule has 0 aliphatic rings. The fourth-order valence-corrected chi connectivity index (χ4v) is 2.56. The molecule has 0 aliphatic carbocycles. The lowest BCUT2D eigenvalue weighted by molar-refractivity contribution is 0.387. The van der Waals surface area contributed by atoms with Crippen molar-refractivity contribution >= 4 is 10.9 Å². The third-order valence-electron chi connectivity index (χ3n) is 3.58. The average molecular weight is 282 g/mol. The normalized spacial score (nSPS) is 12.8. The number of pyridine rings is 1. The summed E-state index contributed by atoms with van der Waals surface area (Å²) in [4.78, 5) is 4.78. The predicted octanol–water partition coefficient (Wildman–Crippen LogP) is 3.08. The number of fused-ring (bicyclic) bond motifs is 1. The van der Waals surface area contributed by atoms with E-state index in [-0.39, 0.29) is 6.04 Å². The van der Waals surface area contributed by atoms with Crippen molar-refractivity contribution in [3.05, 3.63) is 48.4 Å². The molecule has 3 aromatic rings. The Hall–Kier alpha value is -2.43. The molecule has 0 spiro atoms. The lowest BCUT2D eigenvalue weighted by atomic mass is 10.00. The number of hydrogen-bond donors (Lipinski definition) is 0. The van der Waals surface area contributed by atoms with Crippen molar-refractivity contribution in [1.29, 1.82) is 0 Å². The maximum atomic E-state index is 5.25. The van der Waals surface area contributed by atoms with E-state index >= 15 is 0 Å². The van der Waals surface area contributed by atoms with Gasteiger partial charge in [-0.25, -0.2) is 4.68 Å². The van der Waals surface area contributed by atoms with Crippen LogP contribution in [0.2, 0.25) is 0 Å². The van der Waals surface area contributed by atoms with Gasteiger partial charge in [0, 0.05) is 11.6 Å². The van der Waals surface area contributed by atoms with E-state index in [2.05, 4.69) is 30.2 Å². The van der Waals surface area contributed by atoms with Gasteiger partial charge in [0.1, 0.15) is 5.75 Å². The quantitative estimate of drug-likeness (QED) is 0.738. The maximum Gasteiger partial charge on any atom is 0.119 e. The van der Waals surface area contributed by atoms with Crippen LogP contribution in [0.1, 0.15) is 25.6 Å². The molecule has 21 heavy (non-hydrogen) atoms. The monoisotopic (exact) mass is 282 g/mol. The highest BCUT2D eigenvalue weighted by atomic mass is 16.5. The summed E-state index contributed by atoms with van der Waals surface area (Å²) in [6.45, 7) is 4.32. The van der Waals surface area contributed by atoms with Crippen LogP contribution in [0.3, 0.4) is 0 Å². The maximum absolute atomic E-state index is 5.25. The van der Waals surface area contributed by atoms with Gasteiger partial charge in [-0.1, -0.05) is 25.1 Å². The van der Waals surface area contributed by atoms with Crippen LogP contribution in [0.25, 0.3) is 10.9 Å². The zero-order chi connectivity index (χ0) is 14.8. The summed E-state index contributed by atoms with van der Waals surface area (Å²) in [5, 5.41) is 9.10. The zero-order valence-electron chi connectivity index (χ0n) is 12.4. The van der Waals surface area contributed by atoms with Crippen LogP contribution in [-0.2, 0) is 0 Å². The summed E-state index contributed by atoms with van der Waals surface area (Å²) >= 11 is 0. The van der Waals surface area contributed by atoms with E-state index in [1.165, 1.54) is 0 Å². The minimum Gasteiger partial charge on any atom is -0.497 e. The molecule has 1 unspecified atom stereocenters. The van der Waals surface area contributed by atoms with E-state index in [0.29, 0.717) is 5.92 Å². The third kappa shape index (κ3) is 2.59. The Bertz CT molecular complexity index is 737. The number of methoxy groups -OCH3 is 1. The molecule has 5 heteroatoms. The molecule has 0 radical (unpaired) electrons. The molecule has 2 heterocycles. The first kappa shape index (κ1) is 13.5. The van der Waals surface area contributed by atoms with Crippen LogP contribution >= 0.6 is 0 Å². The van der Waals surface area contributed by atoms with Gasteiger partial charge in [0.2, 0.25) is 0 Å². The van der Waals surface area contributed by atoms with E-state index in [0.717, 1.165) is 22.3 Å². The van der Waals surface area contributed by atoms with Crippen molar-refractivity contribution in [2.75, 3.05) is 7.11 Å². The summed E-state index contributed by atoms with van der Waals surface area (Å²) in [5.74, 6) is 1.21. The van der Waals surface area contributed by atoms with Crippen molar-refractivity contribution in [3.8, 4) is 5.75 Å². The van der Waals surface area contributed by atoms with E-state index in [4.69, 9.17) is 9.72 Å². The summed E-state index contributed by atoms with van der Waals surface area (Å²) in [5.41, 5.74) is 1.95. The Labute approximate surface area is 123 Å². The first-order valence-corrected chi connectivity index (χ1v) is 6.99. The molecule has 1 aromatic carbocycles. The van der Waals surface area contributed by atoms with Crippen molar-refractivity contribution < 1.29 is 4.74 Å². The topological polar surface area (TPSA) is 52.8 Å². The molecule has 5 nitrogen and oxygen atoms in total. The molecule has 0 bridgehead atoms. The molecule has 0 amide bonds. The van der Waals surface area contributed by atoms with Gasteiger partial charge in [0.05, 0.1) is 30.6 Å². The molecule has 3 rings (SSSR count). The van der Waals surface area contributed by atoms with Crippen molar-refractivity contribution in [2.45, 2.75) is 19.9 Å². The van der Waals surface area contributed by atoms with Crippen LogP contribution in [0.4, 0.5) is 0 Å². The van der Waals surface area contributed by atoms with Gasteiger partial charge >= 0.3 is 0 Å². The fraction of sp³-hybridized carbons (Fsp3) is 0.312. The summed E-state index contributed by atoms with van der Waals surface area (Å²) in [6, 6.07) is 10.1. The summed E-state index contributed by atoms with van der Waals surface area (Å²) in [7, 11) is 1.67. The van der Waals surface area contributed by atoms with Gasteiger partial charge in [-0.05, 0) is 30.2 Å². The number of rotatable bonds is 4. The second-order valence-electron chi connectivity index (χ2n) is 5.37. The smallest absolute Gasteiger partial charge is 0.119 e. The highest BCUT2D eigenvalue weighted by Gasteiger charge is 2.20. The number of ether oxygens (including phenoxy) is 1. The van der Waals surface area contributed by atoms with Gasteiger partial charge in [0.15, 0.2) is 0 Å². The third-order valence-corrected chi connectivity index (χ3v) is 3.58. The first-order chi connectivity index (χ1) is 10.2. The highest BCUT2D eigenvalue weighted by molar-refractivity contribution is 5.80. The van der Waals surface area contributed by atoms with Gasteiger partial charge in [0.25, 0.3) is 0 Å². The molecule has 0 N–H and O–H groups in total. The molecule has 108 valence electrons. The number of hydrogen-bond acceptors (Lipinski definition) is 4. The van der Waals surface area contributed by atoms with Crippen molar-refractivity contribution in [1.82, 2.24) is 20.0 Å². The molecule has 0 saturated carbocycles. The van der Waals surface area contributed by atoms with E-state index in [1.807, 2.05) is 35.1 Å². The van der Waals surface area contributed by atoms with Crippen LogP contribution < -0.4 is 4.74 Å². The Balaban J connectivity index is 2.07. The first-order valence-electron chi connectivity index (χ1n) is 6.99. The second kappa shape index (κ2) is 5.52. The largest absolute Gasteiger partial charge is 0.497 e. The Morgan fingerprint density at radius 2 is 2.00 bits per heavy atom. The predicted molar refractivity (Wildman–Crippen MR) is 81.3 cm³/mol. The Kier molecular flexibility index (Phi) is 3.56. The van der Waals surface area contributed by atoms with Gasteiger partial charge < -0.3 is 4.74 Å². The SMILES string of the molecule is COc1ccc2nc(C(C(C)C)n3ccnn3)ccc2c1. The highest BCUT2D eigenvalue weighted by Crippen LogP contribution is 2.27. The molecule has 1 atom stereocenters. The lowest BCUT2D eigenvalue weighted by Crippen LogP contribution is -2.18. The van der Waals surface area contributed by atoms with Crippen LogP contribution in [0.5, 0.6) is 5.75 Å². The standard InChI is InChI=1S/C16H18N4O/c1-11(2)16(20-9-8-17-19-20)15-6-4-12-10-13(21-3)5-7-14(12)18-15/h4-11,16H,1-3H3. The molecule has 0 aliphatic heterocycles. The van der Waals surface area contributed by atoms with Crippen LogP contribution in [0, 0.1) is 5.92 Å². The molecule has 0 fully saturated rings. The van der Waals surface area contributed by atoms with Crippen LogP contribution in [0.15, 0.2) is 42.7 Å². The minimum absolute atomic E-state index is 0.0824. The van der Waals surface area contributed by atoms with E-state index in [1.54, 1.807) is 13.3 Å². The molecule has 0 saturated heterocycles. The van der Waals surface area contributed by atoms with E-state index in [9.17, 15) is 0 Å².